The lowest BCUT2D eigenvalue weighted by atomic mass is 10.2. The van der Waals surface area contributed by atoms with Crippen LogP contribution >= 0.6 is 0 Å². The van der Waals surface area contributed by atoms with Gasteiger partial charge in [0.2, 0.25) is 5.91 Å². The number of anilines is 1. The highest BCUT2D eigenvalue weighted by molar-refractivity contribution is 5.81. The average Bonchev–Trinajstić information content (AvgIpc) is 2.54. The van der Waals surface area contributed by atoms with Gasteiger partial charge in [-0.25, -0.2) is 0 Å². The summed E-state index contributed by atoms with van der Waals surface area (Å²) in [7, 11) is 1.70. The van der Waals surface area contributed by atoms with Crippen LogP contribution in [0.15, 0.2) is 24.3 Å². The number of hydrogen-bond donors (Lipinski definition) is 1. The van der Waals surface area contributed by atoms with E-state index in [0.717, 1.165) is 37.6 Å². The number of methoxy groups -OCH3 is 1. The van der Waals surface area contributed by atoms with E-state index in [1.165, 1.54) is 0 Å². The second-order valence-electron chi connectivity index (χ2n) is 5.27. The van der Waals surface area contributed by atoms with Gasteiger partial charge in [-0.15, -0.1) is 0 Å². The summed E-state index contributed by atoms with van der Waals surface area (Å²) >= 11 is 0. The van der Waals surface area contributed by atoms with Crippen molar-refractivity contribution in [2.45, 2.75) is 19.9 Å². The van der Waals surface area contributed by atoms with Crippen molar-refractivity contribution in [2.24, 2.45) is 0 Å². The van der Waals surface area contributed by atoms with Gasteiger partial charge in [0, 0.05) is 32.7 Å². The third-order valence-corrected chi connectivity index (χ3v) is 4.02. The van der Waals surface area contributed by atoms with E-state index in [9.17, 15) is 4.79 Å². The van der Waals surface area contributed by atoms with Crippen molar-refractivity contribution in [2.75, 3.05) is 44.7 Å². The van der Waals surface area contributed by atoms with Gasteiger partial charge in [0.1, 0.15) is 5.75 Å². The molecule has 1 aromatic carbocycles. The minimum atomic E-state index is -0.0650. The Morgan fingerprint density at radius 1 is 1.29 bits per heavy atom. The molecule has 1 fully saturated rings. The molecule has 1 aromatic rings. The Balaban J connectivity index is 1.95. The lowest BCUT2D eigenvalue weighted by Crippen LogP contribution is -2.54. The summed E-state index contributed by atoms with van der Waals surface area (Å²) < 4.78 is 5.42. The second kappa shape index (κ2) is 7.31. The van der Waals surface area contributed by atoms with Gasteiger partial charge in [0.05, 0.1) is 18.8 Å². The molecule has 1 amide bonds. The lowest BCUT2D eigenvalue weighted by molar-refractivity contribution is -0.125. The molecule has 1 atom stereocenters. The van der Waals surface area contributed by atoms with Crippen LogP contribution in [-0.2, 0) is 4.79 Å². The summed E-state index contributed by atoms with van der Waals surface area (Å²) in [6.07, 6.45) is 0. The van der Waals surface area contributed by atoms with Gasteiger partial charge in [0.25, 0.3) is 0 Å². The number of rotatable bonds is 5. The number of amides is 1. The molecule has 0 radical (unpaired) electrons. The van der Waals surface area contributed by atoms with Crippen LogP contribution in [0, 0.1) is 0 Å². The number of carbonyl (C=O) groups excluding carboxylic acids is 1. The first-order chi connectivity index (χ1) is 10.2. The van der Waals surface area contributed by atoms with Crippen LogP contribution in [0.5, 0.6) is 5.75 Å². The Kier molecular flexibility index (Phi) is 5.44. The zero-order chi connectivity index (χ0) is 15.2. The van der Waals surface area contributed by atoms with Gasteiger partial charge in [-0.2, -0.15) is 0 Å². The molecule has 0 saturated carbocycles. The predicted octanol–water partition coefficient (Wildman–Crippen LogP) is 1.34. The van der Waals surface area contributed by atoms with E-state index in [2.05, 4.69) is 21.2 Å². The maximum atomic E-state index is 11.9. The first-order valence-corrected chi connectivity index (χ1v) is 7.57. The molecule has 1 aliphatic rings. The van der Waals surface area contributed by atoms with E-state index in [1.807, 2.05) is 32.0 Å². The molecule has 1 N–H and O–H groups in total. The van der Waals surface area contributed by atoms with E-state index in [-0.39, 0.29) is 11.9 Å². The fraction of sp³-hybridized carbons (Fsp3) is 0.562. The monoisotopic (exact) mass is 291 g/mol. The summed E-state index contributed by atoms with van der Waals surface area (Å²) in [5.41, 5.74) is 1.13. The fourth-order valence-electron chi connectivity index (χ4n) is 2.73. The molecule has 0 spiro atoms. The smallest absolute Gasteiger partial charge is 0.237 e. The van der Waals surface area contributed by atoms with E-state index in [0.29, 0.717) is 6.54 Å². The van der Waals surface area contributed by atoms with Gasteiger partial charge in [-0.05, 0) is 26.0 Å². The molecule has 0 bridgehead atoms. The van der Waals surface area contributed by atoms with E-state index < -0.39 is 0 Å². The maximum absolute atomic E-state index is 11.9. The maximum Gasteiger partial charge on any atom is 0.237 e. The first kappa shape index (κ1) is 15.6. The average molecular weight is 291 g/mol. The van der Waals surface area contributed by atoms with E-state index in [1.54, 1.807) is 7.11 Å². The third-order valence-electron chi connectivity index (χ3n) is 4.02. The van der Waals surface area contributed by atoms with Crippen LogP contribution in [0.1, 0.15) is 13.8 Å². The van der Waals surface area contributed by atoms with Gasteiger partial charge in [-0.1, -0.05) is 12.1 Å². The van der Waals surface area contributed by atoms with Crippen molar-refractivity contribution in [3.63, 3.8) is 0 Å². The van der Waals surface area contributed by atoms with Crippen LogP contribution in [0.4, 0.5) is 5.69 Å². The molecule has 5 heteroatoms. The van der Waals surface area contributed by atoms with Crippen LogP contribution in [-0.4, -0.2) is 56.7 Å². The molecule has 1 aliphatic heterocycles. The molecule has 1 heterocycles. The van der Waals surface area contributed by atoms with Gasteiger partial charge < -0.3 is 15.0 Å². The standard InChI is InChI=1S/C16H25N3O2/c1-4-17-16(20)13(2)18-9-11-19(12-10-18)14-7-5-6-8-15(14)21-3/h5-8,13H,4,9-12H2,1-3H3,(H,17,20)/t13-/m0/s1. The van der Waals surface area contributed by atoms with Crippen LogP contribution in [0.3, 0.4) is 0 Å². The quantitative estimate of drug-likeness (QED) is 0.889. The Morgan fingerprint density at radius 2 is 1.95 bits per heavy atom. The zero-order valence-electron chi connectivity index (χ0n) is 13.1. The lowest BCUT2D eigenvalue weighted by Gasteiger charge is -2.38. The van der Waals surface area contributed by atoms with Crippen LogP contribution in [0.2, 0.25) is 0 Å². The molecule has 0 unspecified atom stereocenters. The summed E-state index contributed by atoms with van der Waals surface area (Å²) in [6, 6.07) is 8.02. The Labute approximate surface area is 126 Å². The van der Waals surface area contributed by atoms with Crippen molar-refractivity contribution in [3.05, 3.63) is 24.3 Å². The topological polar surface area (TPSA) is 44.8 Å². The second-order valence-corrected chi connectivity index (χ2v) is 5.27. The molecule has 2 rings (SSSR count). The highest BCUT2D eigenvalue weighted by atomic mass is 16.5. The Bertz CT molecular complexity index is 470. The summed E-state index contributed by atoms with van der Waals surface area (Å²) in [5.74, 6) is 1.02. The minimum absolute atomic E-state index is 0.0650. The van der Waals surface area contributed by atoms with Gasteiger partial charge >= 0.3 is 0 Å². The number of para-hydroxylation sites is 2. The van der Waals surface area contributed by atoms with Crippen molar-refractivity contribution < 1.29 is 9.53 Å². The zero-order valence-corrected chi connectivity index (χ0v) is 13.1. The largest absolute Gasteiger partial charge is 0.495 e. The highest BCUT2D eigenvalue weighted by Gasteiger charge is 2.26. The first-order valence-electron chi connectivity index (χ1n) is 7.57. The Morgan fingerprint density at radius 3 is 2.57 bits per heavy atom. The van der Waals surface area contributed by atoms with Crippen molar-refractivity contribution in [1.29, 1.82) is 0 Å². The number of nitrogens with zero attached hydrogens (tertiary/aromatic N) is 2. The predicted molar refractivity (Wildman–Crippen MR) is 84.9 cm³/mol. The summed E-state index contributed by atoms with van der Waals surface area (Å²) in [4.78, 5) is 16.5. The van der Waals surface area contributed by atoms with Gasteiger partial charge in [0.15, 0.2) is 0 Å². The summed E-state index contributed by atoms with van der Waals surface area (Å²) in [5, 5.41) is 2.89. The van der Waals surface area contributed by atoms with E-state index in [4.69, 9.17) is 4.74 Å². The molecule has 21 heavy (non-hydrogen) atoms. The molecule has 0 aromatic heterocycles. The minimum Gasteiger partial charge on any atom is -0.495 e. The molecular formula is C16H25N3O2. The van der Waals surface area contributed by atoms with Crippen molar-refractivity contribution in [1.82, 2.24) is 10.2 Å². The number of benzene rings is 1. The number of piperazine rings is 1. The van der Waals surface area contributed by atoms with Crippen molar-refractivity contribution in [3.8, 4) is 5.75 Å². The van der Waals surface area contributed by atoms with Crippen LogP contribution in [0.25, 0.3) is 0 Å². The van der Waals surface area contributed by atoms with Crippen molar-refractivity contribution >= 4 is 11.6 Å². The number of hydrogen-bond acceptors (Lipinski definition) is 4. The molecule has 0 aliphatic carbocycles. The molecule has 1 saturated heterocycles. The molecule has 116 valence electrons. The molecular weight excluding hydrogens is 266 g/mol. The molecule has 5 nitrogen and oxygen atoms in total. The fourth-order valence-corrected chi connectivity index (χ4v) is 2.73. The number of nitrogens with one attached hydrogen (secondary N) is 1. The van der Waals surface area contributed by atoms with E-state index >= 15 is 0 Å². The number of carbonyl (C=O) groups is 1. The Hall–Kier alpha value is -1.75. The number of likely N-dealkylation sites (N-methyl/N-ethyl adjacent to an activating group) is 1. The normalized spacial score (nSPS) is 17.4. The number of ether oxygens (including phenoxy) is 1. The highest BCUT2D eigenvalue weighted by Crippen LogP contribution is 2.28. The third kappa shape index (κ3) is 3.67. The van der Waals surface area contributed by atoms with Crippen LogP contribution < -0.4 is 15.0 Å². The SMILES string of the molecule is CCNC(=O)[C@H](C)N1CCN(c2ccccc2OC)CC1. The van der Waals surface area contributed by atoms with Gasteiger partial charge in [-0.3, -0.25) is 9.69 Å². The summed E-state index contributed by atoms with van der Waals surface area (Å²) in [6.45, 7) is 8.19.